The summed E-state index contributed by atoms with van der Waals surface area (Å²) in [5.74, 6) is -1.77. The van der Waals surface area contributed by atoms with Crippen LogP contribution in [0.15, 0.2) is 52.5 Å². The Bertz CT molecular complexity index is 818. The molecule has 0 aromatic heterocycles. The van der Waals surface area contributed by atoms with Crippen LogP contribution in [0.3, 0.4) is 0 Å². The Hall–Kier alpha value is -1.64. The summed E-state index contributed by atoms with van der Waals surface area (Å²) in [5, 5.41) is 0.693. The van der Waals surface area contributed by atoms with Crippen molar-refractivity contribution in [3.05, 3.63) is 80.9 Å². The van der Waals surface area contributed by atoms with Crippen LogP contribution < -0.4 is 0 Å². The molecule has 0 radical (unpaired) electrons. The van der Waals surface area contributed by atoms with Crippen LogP contribution in [0.25, 0.3) is 11.1 Å². The van der Waals surface area contributed by atoms with E-state index in [-0.39, 0.29) is 10.6 Å². The highest BCUT2D eigenvalue weighted by molar-refractivity contribution is 6.48. The molecule has 0 spiro atoms. The maximum atomic E-state index is 14.0. The SMILES string of the molecule is Cc1ccc(C2=C(Cl)C(Cl)=C(c3cccc(F)c3F)CC2)cc1. The molecule has 2 aromatic carbocycles. The summed E-state index contributed by atoms with van der Waals surface area (Å²) in [7, 11) is 0. The summed E-state index contributed by atoms with van der Waals surface area (Å²) >= 11 is 12.8. The molecule has 0 nitrogen and oxygen atoms in total. The fourth-order valence-corrected chi connectivity index (χ4v) is 3.38. The third-order valence-electron chi connectivity index (χ3n) is 4.02. The lowest BCUT2D eigenvalue weighted by Gasteiger charge is -2.21. The third kappa shape index (κ3) is 3.06. The molecule has 23 heavy (non-hydrogen) atoms. The summed E-state index contributed by atoms with van der Waals surface area (Å²) < 4.78 is 27.5. The van der Waals surface area contributed by atoms with Crippen LogP contribution in [0.1, 0.15) is 29.5 Å². The van der Waals surface area contributed by atoms with Gasteiger partial charge in [-0.3, -0.25) is 0 Å². The van der Waals surface area contributed by atoms with E-state index in [1.54, 1.807) is 0 Å². The lowest BCUT2D eigenvalue weighted by molar-refractivity contribution is 0.506. The highest BCUT2D eigenvalue weighted by Crippen LogP contribution is 2.44. The Kier molecular flexibility index (Phi) is 4.56. The Morgan fingerprint density at radius 1 is 0.826 bits per heavy atom. The summed E-state index contributed by atoms with van der Waals surface area (Å²) in [4.78, 5) is 0. The van der Waals surface area contributed by atoms with Gasteiger partial charge in [-0.25, -0.2) is 8.78 Å². The maximum absolute atomic E-state index is 14.0. The van der Waals surface area contributed by atoms with Crippen molar-refractivity contribution in [1.29, 1.82) is 0 Å². The number of allylic oxidation sites excluding steroid dienone is 4. The van der Waals surface area contributed by atoms with Crippen molar-refractivity contribution >= 4 is 34.3 Å². The molecule has 0 amide bonds. The second-order valence-electron chi connectivity index (χ2n) is 5.55. The molecule has 3 rings (SSSR count). The van der Waals surface area contributed by atoms with Gasteiger partial charge in [0.2, 0.25) is 0 Å². The molecule has 0 saturated carbocycles. The predicted octanol–water partition coefficient (Wildman–Crippen LogP) is 6.67. The molecular weight excluding hydrogens is 337 g/mol. The van der Waals surface area contributed by atoms with E-state index in [2.05, 4.69) is 0 Å². The maximum Gasteiger partial charge on any atom is 0.166 e. The van der Waals surface area contributed by atoms with E-state index in [0.29, 0.717) is 23.4 Å². The topological polar surface area (TPSA) is 0 Å². The van der Waals surface area contributed by atoms with Gasteiger partial charge in [0.05, 0.1) is 10.1 Å². The number of benzene rings is 2. The fourth-order valence-electron chi connectivity index (χ4n) is 2.75. The molecular formula is C19H14Cl2F2. The number of hydrogen-bond acceptors (Lipinski definition) is 0. The first kappa shape index (κ1) is 16.2. The minimum absolute atomic E-state index is 0.177. The molecule has 4 heteroatoms. The van der Waals surface area contributed by atoms with Crippen LogP contribution in [0.5, 0.6) is 0 Å². The lowest BCUT2D eigenvalue weighted by Crippen LogP contribution is -2.02. The molecule has 0 N–H and O–H groups in total. The van der Waals surface area contributed by atoms with Crippen molar-refractivity contribution in [3.8, 4) is 0 Å². The number of halogens is 4. The highest BCUT2D eigenvalue weighted by Gasteiger charge is 2.23. The van der Waals surface area contributed by atoms with Crippen LogP contribution in [0.2, 0.25) is 0 Å². The molecule has 1 aliphatic carbocycles. The average molecular weight is 351 g/mol. The van der Waals surface area contributed by atoms with Crippen molar-refractivity contribution in [2.45, 2.75) is 19.8 Å². The zero-order valence-electron chi connectivity index (χ0n) is 12.5. The Labute approximate surface area is 144 Å². The zero-order valence-corrected chi connectivity index (χ0v) is 14.0. The molecule has 2 aromatic rings. The van der Waals surface area contributed by atoms with Crippen molar-refractivity contribution in [2.24, 2.45) is 0 Å². The first-order valence-corrected chi connectivity index (χ1v) is 8.03. The van der Waals surface area contributed by atoms with Crippen molar-refractivity contribution < 1.29 is 8.78 Å². The third-order valence-corrected chi connectivity index (χ3v) is 4.96. The van der Waals surface area contributed by atoms with Crippen molar-refractivity contribution in [3.63, 3.8) is 0 Å². The molecule has 0 atom stereocenters. The zero-order chi connectivity index (χ0) is 16.6. The first-order chi connectivity index (χ1) is 11.0. The van der Waals surface area contributed by atoms with Gasteiger partial charge in [0, 0.05) is 5.56 Å². The van der Waals surface area contributed by atoms with E-state index >= 15 is 0 Å². The molecule has 1 aliphatic rings. The smallest absolute Gasteiger partial charge is 0.166 e. The minimum atomic E-state index is -0.885. The van der Waals surface area contributed by atoms with E-state index in [0.717, 1.165) is 22.8 Å². The van der Waals surface area contributed by atoms with Gasteiger partial charge in [-0.05, 0) is 42.5 Å². The molecule has 118 valence electrons. The van der Waals surface area contributed by atoms with Crippen LogP contribution in [0, 0.1) is 18.6 Å². The largest absolute Gasteiger partial charge is 0.204 e. The van der Waals surface area contributed by atoms with E-state index in [1.807, 2.05) is 31.2 Å². The minimum Gasteiger partial charge on any atom is -0.204 e. The number of hydrogen-bond donors (Lipinski definition) is 0. The summed E-state index contributed by atoms with van der Waals surface area (Å²) in [5.41, 5.74) is 3.81. The van der Waals surface area contributed by atoms with Crippen LogP contribution in [0.4, 0.5) is 8.78 Å². The molecule has 0 bridgehead atoms. The van der Waals surface area contributed by atoms with Gasteiger partial charge < -0.3 is 0 Å². The summed E-state index contributed by atoms with van der Waals surface area (Å²) in [6, 6.07) is 12.1. The van der Waals surface area contributed by atoms with Gasteiger partial charge in [-0.2, -0.15) is 0 Å². The van der Waals surface area contributed by atoms with E-state index in [9.17, 15) is 8.78 Å². The Morgan fingerprint density at radius 2 is 1.43 bits per heavy atom. The number of rotatable bonds is 2. The molecule has 0 unspecified atom stereocenters. The first-order valence-electron chi connectivity index (χ1n) is 7.28. The van der Waals surface area contributed by atoms with E-state index in [4.69, 9.17) is 23.2 Å². The van der Waals surface area contributed by atoms with Gasteiger partial charge in [0.15, 0.2) is 11.6 Å². The van der Waals surface area contributed by atoms with E-state index < -0.39 is 11.6 Å². The molecule has 0 saturated heterocycles. The fraction of sp³-hybridized carbons (Fsp3) is 0.158. The predicted molar refractivity (Wildman–Crippen MR) is 92.3 cm³/mol. The summed E-state index contributed by atoms with van der Waals surface area (Å²) in [6.45, 7) is 2.01. The van der Waals surface area contributed by atoms with Crippen molar-refractivity contribution in [2.75, 3.05) is 0 Å². The molecule has 0 aliphatic heterocycles. The molecule has 0 fully saturated rings. The van der Waals surface area contributed by atoms with Crippen LogP contribution in [-0.4, -0.2) is 0 Å². The second kappa shape index (κ2) is 6.46. The Morgan fingerprint density at radius 3 is 2.13 bits per heavy atom. The normalized spacial score (nSPS) is 15.3. The Balaban J connectivity index is 2.09. The van der Waals surface area contributed by atoms with E-state index in [1.165, 1.54) is 12.1 Å². The van der Waals surface area contributed by atoms with Crippen LogP contribution in [-0.2, 0) is 0 Å². The van der Waals surface area contributed by atoms with Gasteiger partial charge in [-0.1, -0.05) is 65.2 Å². The second-order valence-corrected chi connectivity index (χ2v) is 6.31. The average Bonchev–Trinajstić information content (AvgIpc) is 2.54. The van der Waals surface area contributed by atoms with Gasteiger partial charge in [-0.15, -0.1) is 0 Å². The summed E-state index contributed by atoms with van der Waals surface area (Å²) in [6.07, 6.45) is 1.14. The van der Waals surface area contributed by atoms with Gasteiger partial charge in [0.25, 0.3) is 0 Å². The number of aryl methyl sites for hydroxylation is 1. The quantitative estimate of drug-likeness (QED) is 0.567. The van der Waals surface area contributed by atoms with Gasteiger partial charge in [0.1, 0.15) is 0 Å². The van der Waals surface area contributed by atoms with Crippen LogP contribution >= 0.6 is 23.2 Å². The highest BCUT2D eigenvalue weighted by atomic mass is 35.5. The van der Waals surface area contributed by atoms with Crippen molar-refractivity contribution in [1.82, 2.24) is 0 Å². The van der Waals surface area contributed by atoms with Gasteiger partial charge >= 0.3 is 0 Å². The lowest BCUT2D eigenvalue weighted by atomic mass is 9.89. The standard InChI is InChI=1S/C19H14Cl2F2/c1-11-5-7-12(8-6-11)13-9-10-14(18(21)17(13)20)15-3-2-4-16(22)19(15)23/h2-8H,9-10H2,1H3. The molecule has 0 heterocycles. The monoisotopic (exact) mass is 350 g/mol.